The molecular weight excluding hydrogens is 226 g/mol. The van der Waals surface area contributed by atoms with Crippen molar-refractivity contribution in [2.75, 3.05) is 26.4 Å². The molecule has 0 radical (unpaired) electrons. The molecule has 0 saturated heterocycles. The highest BCUT2D eigenvalue weighted by molar-refractivity contribution is 5.88. The first-order valence-electron chi connectivity index (χ1n) is 5.17. The van der Waals surface area contributed by atoms with Gasteiger partial charge in [-0.25, -0.2) is 14.8 Å². The molecular formula is C10H15N3O4. The first-order valence-corrected chi connectivity index (χ1v) is 5.17. The van der Waals surface area contributed by atoms with Gasteiger partial charge in [-0.3, -0.25) is 0 Å². The molecule has 1 heterocycles. The van der Waals surface area contributed by atoms with Gasteiger partial charge in [-0.1, -0.05) is 0 Å². The predicted molar refractivity (Wildman–Crippen MR) is 58.6 cm³/mol. The van der Waals surface area contributed by atoms with Crippen molar-refractivity contribution < 1.29 is 19.7 Å². The third-order valence-corrected chi connectivity index (χ3v) is 1.98. The SMILES string of the molecule is O=C(O)c1cncnc1CNCCOCCO. The zero-order valence-electron chi connectivity index (χ0n) is 9.30. The van der Waals surface area contributed by atoms with Crippen molar-refractivity contribution >= 4 is 5.97 Å². The molecule has 0 aliphatic carbocycles. The summed E-state index contributed by atoms with van der Waals surface area (Å²) in [5.74, 6) is -1.04. The first-order chi connectivity index (χ1) is 8.25. The van der Waals surface area contributed by atoms with Gasteiger partial charge in [-0.05, 0) is 0 Å². The number of ether oxygens (including phenoxy) is 1. The molecule has 1 aromatic heterocycles. The van der Waals surface area contributed by atoms with Crippen LogP contribution in [0.3, 0.4) is 0 Å². The second-order valence-electron chi connectivity index (χ2n) is 3.20. The lowest BCUT2D eigenvalue weighted by atomic mass is 10.2. The molecule has 0 aliphatic heterocycles. The average molecular weight is 241 g/mol. The van der Waals surface area contributed by atoms with E-state index in [4.69, 9.17) is 14.9 Å². The fourth-order valence-corrected chi connectivity index (χ4v) is 1.19. The van der Waals surface area contributed by atoms with Gasteiger partial charge in [0.2, 0.25) is 0 Å². The second-order valence-corrected chi connectivity index (χ2v) is 3.20. The Labute approximate surface area is 98.5 Å². The van der Waals surface area contributed by atoms with Crippen LogP contribution in [0.4, 0.5) is 0 Å². The number of carboxylic acids is 1. The number of hydrogen-bond donors (Lipinski definition) is 3. The minimum absolute atomic E-state index is 0.00489. The van der Waals surface area contributed by atoms with Crippen LogP contribution < -0.4 is 5.32 Å². The molecule has 7 heteroatoms. The lowest BCUT2D eigenvalue weighted by Crippen LogP contribution is -2.22. The zero-order chi connectivity index (χ0) is 12.5. The van der Waals surface area contributed by atoms with Crippen LogP contribution in [0.25, 0.3) is 0 Å². The van der Waals surface area contributed by atoms with Crippen molar-refractivity contribution in [3.8, 4) is 0 Å². The van der Waals surface area contributed by atoms with E-state index in [0.29, 0.717) is 32.0 Å². The van der Waals surface area contributed by atoms with Crippen LogP contribution in [0.15, 0.2) is 12.5 Å². The molecule has 1 rings (SSSR count). The van der Waals surface area contributed by atoms with E-state index >= 15 is 0 Å². The average Bonchev–Trinajstić information content (AvgIpc) is 2.34. The lowest BCUT2D eigenvalue weighted by Gasteiger charge is -2.06. The molecule has 0 bridgehead atoms. The van der Waals surface area contributed by atoms with Crippen molar-refractivity contribution in [3.63, 3.8) is 0 Å². The Morgan fingerprint density at radius 3 is 3.00 bits per heavy atom. The molecule has 0 spiro atoms. The van der Waals surface area contributed by atoms with E-state index < -0.39 is 5.97 Å². The number of aliphatic hydroxyl groups is 1. The highest BCUT2D eigenvalue weighted by atomic mass is 16.5. The Morgan fingerprint density at radius 1 is 1.47 bits per heavy atom. The van der Waals surface area contributed by atoms with Gasteiger partial charge < -0.3 is 20.3 Å². The van der Waals surface area contributed by atoms with Crippen molar-refractivity contribution in [1.29, 1.82) is 0 Å². The highest BCUT2D eigenvalue weighted by Crippen LogP contribution is 2.02. The number of carboxylic acid groups (broad SMARTS) is 1. The van der Waals surface area contributed by atoms with Gasteiger partial charge >= 0.3 is 5.97 Å². The minimum Gasteiger partial charge on any atom is -0.478 e. The quantitative estimate of drug-likeness (QED) is 0.515. The smallest absolute Gasteiger partial charge is 0.339 e. The summed E-state index contributed by atoms with van der Waals surface area (Å²) in [6, 6.07) is 0. The Bertz CT molecular complexity index is 359. The molecule has 1 aromatic rings. The molecule has 0 aliphatic rings. The van der Waals surface area contributed by atoms with Crippen LogP contribution in [0, 0.1) is 0 Å². The third-order valence-electron chi connectivity index (χ3n) is 1.98. The van der Waals surface area contributed by atoms with Gasteiger partial charge in [0.1, 0.15) is 11.9 Å². The standard InChI is InChI=1S/C10H15N3O4/c14-2-4-17-3-1-11-6-9-8(10(15)16)5-12-7-13-9/h5,7,11,14H,1-4,6H2,(H,15,16). The van der Waals surface area contributed by atoms with Crippen LogP contribution in [0.1, 0.15) is 16.1 Å². The zero-order valence-corrected chi connectivity index (χ0v) is 9.30. The lowest BCUT2D eigenvalue weighted by molar-refractivity contribution is 0.0694. The summed E-state index contributed by atoms with van der Waals surface area (Å²) in [7, 11) is 0. The maximum absolute atomic E-state index is 10.8. The van der Waals surface area contributed by atoms with Crippen LogP contribution in [0.5, 0.6) is 0 Å². The van der Waals surface area contributed by atoms with Crippen molar-refractivity contribution in [1.82, 2.24) is 15.3 Å². The predicted octanol–water partition coefficient (Wildman–Crippen LogP) is -0.727. The van der Waals surface area contributed by atoms with Crippen LogP contribution in [-0.2, 0) is 11.3 Å². The molecule has 17 heavy (non-hydrogen) atoms. The third kappa shape index (κ3) is 4.85. The van der Waals surface area contributed by atoms with E-state index in [1.54, 1.807) is 0 Å². The van der Waals surface area contributed by atoms with E-state index in [-0.39, 0.29) is 12.2 Å². The molecule has 0 atom stereocenters. The maximum Gasteiger partial charge on any atom is 0.339 e. The van der Waals surface area contributed by atoms with E-state index in [1.807, 2.05) is 0 Å². The second kappa shape index (κ2) is 7.66. The van der Waals surface area contributed by atoms with Gasteiger partial charge in [-0.15, -0.1) is 0 Å². The molecule has 0 saturated carbocycles. The number of hydrogen-bond acceptors (Lipinski definition) is 6. The number of aromatic carboxylic acids is 1. The van der Waals surface area contributed by atoms with Crippen molar-refractivity contribution in [3.05, 3.63) is 23.8 Å². The van der Waals surface area contributed by atoms with Gasteiger partial charge in [-0.2, -0.15) is 0 Å². The minimum atomic E-state index is -1.04. The molecule has 94 valence electrons. The number of nitrogens with one attached hydrogen (secondary N) is 1. The van der Waals surface area contributed by atoms with Gasteiger partial charge in [0.05, 0.1) is 25.5 Å². The molecule has 0 fully saturated rings. The van der Waals surface area contributed by atoms with E-state index in [0.717, 1.165) is 0 Å². The first kappa shape index (κ1) is 13.5. The number of aliphatic hydroxyl groups excluding tert-OH is 1. The Kier molecular flexibility index (Phi) is 6.08. The maximum atomic E-state index is 10.8. The number of rotatable bonds is 8. The molecule has 7 nitrogen and oxygen atoms in total. The summed E-state index contributed by atoms with van der Waals surface area (Å²) in [5, 5.41) is 20.3. The summed E-state index contributed by atoms with van der Waals surface area (Å²) in [4.78, 5) is 18.4. The largest absolute Gasteiger partial charge is 0.478 e. The van der Waals surface area contributed by atoms with Crippen LogP contribution >= 0.6 is 0 Å². The number of carbonyl (C=O) groups is 1. The number of aromatic nitrogens is 2. The summed E-state index contributed by atoms with van der Waals surface area (Å²) >= 11 is 0. The molecule has 0 unspecified atom stereocenters. The van der Waals surface area contributed by atoms with Crippen LogP contribution in [-0.4, -0.2) is 52.5 Å². The summed E-state index contributed by atoms with van der Waals surface area (Å²) < 4.78 is 5.04. The molecule has 0 amide bonds. The van der Waals surface area contributed by atoms with Crippen LogP contribution in [0.2, 0.25) is 0 Å². The Morgan fingerprint density at radius 2 is 2.29 bits per heavy atom. The summed E-state index contributed by atoms with van der Waals surface area (Å²) in [6.45, 7) is 1.65. The monoisotopic (exact) mass is 241 g/mol. The Hall–Kier alpha value is -1.57. The topological polar surface area (TPSA) is 105 Å². The van der Waals surface area contributed by atoms with E-state index in [9.17, 15) is 4.79 Å². The van der Waals surface area contributed by atoms with Crippen molar-refractivity contribution in [2.45, 2.75) is 6.54 Å². The summed E-state index contributed by atoms with van der Waals surface area (Å²) in [6.07, 6.45) is 2.58. The van der Waals surface area contributed by atoms with E-state index in [2.05, 4.69) is 15.3 Å². The number of nitrogens with zero attached hydrogens (tertiary/aromatic N) is 2. The normalized spacial score (nSPS) is 10.4. The molecule has 0 aromatic carbocycles. The van der Waals surface area contributed by atoms with Gasteiger partial charge in [0, 0.05) is 19.3 Å². The summed E-state index contributed by atoms with van der Waals surface area (Å²) in [5.41, 5.74) is 0.533. The van der Waals surface area contributed by atoms with Gasteiger partial charge in [0.25, 0.3) is 0 Å². The van der Waals surface area contributed by atoms with E-state index in [1.165, 1.54) is 12.5 Å². The highest BCUT2D eigenvalue weighted by Gasteiger charge is 2.10. The fourth-order valence-electron chi connectivity index (χ4n) is 1.19. The fraction of sp³-hybridized carbons (Fsp3) is 0.500. The van der Waals surface area contributed by atoms with Crippen molar-refractivity contribution in [2.24, 2.45) is 0 Å². The van der Waals surface area contributed by atoms with Gasteiger partial charge in [0.15, 0.2) is 0 Å². The Balaban J connectivity index is 2.34. The molecule has 3 N–H and O–H groups in total.